The maximum atomic E-state index is 11.6. The van der Waals surface area contributed by atoms with Crippen molar-refractivity contribution < 1.29 is 9.90 Å². The van der Waals surface area contributed by atoms with E-state index < -0.39 is 6.23 Å². The van der Waals surface area contributed by atoms with Crippen molar-refractivity contribution in [3.8, 4) is 0 Å². The molecule has 0 aliphatic carbocycles. The number of carbonyl (C=O) groups excluding carboxylic acids is 1. The number of nitrogens with one attached hydrogen (secondary N) is 2. The Morgan fingerprint density at radius 2 is 1.94 bits per heavy atom. The SMILES string of the molecule is C=CC(=O)N1CC(N2CCN(C(O)CNc3cc(Cl)c(Cl)cc3Nc3nccs3)CC2)C1. The zero-order valence-corrected chi connectivity index (χ0v) is 19.8. The number of aliphatic hydroxyl groups is 1. The van der Waals surface area contributed by atoms with E-state index in [1.54, 1.807) is 23.2 Å². The molecule has 32 heavy (non-hydrogen) atoms. The minimum Gasteiger partial charge on any atom is -0.379 e. The van der Waals surface area contributed by atoms with E-state index in [0.29, 0.717) is 22.6 Å². The second-order valence-corrected chi connectivity index (χ2v) is 9.52. The summed E-state index contributed by atoms with van der Waals surface area (Å²) in [5.74, 6) is -0.00703. The molecule has 1 atom stereocenters. The minimum absolute atomic E-state index is 0.00703. The van der Waals surface area contributed by atoms with Crippen molar-refractivity contribution in [1.29, 1.82) is 0 Å². The average molecular weight is 497 g/mol. The number of hydrogen-bond acceptors (Lipinski definition) is 8. The van der Waals surface area contributed by atoms with Crippen LogP contribution in [0.5, 0.6) is 0 Å². The fourth-order valence-corrected chi connectivity index (χ4v) is 4.79. The molecule has 3 heterocycles. The molecule has 2 fully saturated rings. The van der Waals surface area contributed by atoms with Crippen molar-refractivity contribution in [3.05, 3.63) is 46.4 Å². The van der Waals surface area contributed by atoms with Crippen LogP contribution in [0.15, 0.2) is 36.4 Å². The zero-order chi connectivity index (χ0) is 22.7. The first kappa shape index (κ1) is 23.3. The van der Waals surface area contributed by atoms with Crippen molar-refractivity contribution in [2.45, 2.75) is 12.3 Å². The Morgan fingerprint density at radius 1 is 1.25 bits per heavy atom. The molecule has 0 radical (unpaired) electrons. The first-order valence-corrected chi connectivity index (χ1v) is 12.0. The molecule has 0 spiro atoms. The van der Waals surface area contributed by atoms with Gasteiger partial charge in [-0.3, -0.25) is 14.6 Å². The Morgan fingerprint density at radius 3 is 2.56 bits per heavy atom. The van der Waals surface area contributed by atoms with Gasteiger partial charge in [0.2, 0.25) is 5.91 Å². The van der Waals surface area contributed by atoms with Gasteiger partial charge in [-0.2, -0.15) is 0 Å². The smallest absolute Gasteiger partial charge is 0.246 e. The van der Waals surface area contributed by atoms with E-state index in [0.717, 1.165) is 55.8 Å². The first-order valence-electron chi connectivity index (χ1n) is 10.4. The third kappa shape index (κ3) is 5.36. The molecule has 1 aromatic carbocycles. The van der Waals surface area contributed by atoms with Crippen LogP contribution in [0.25, 0.3) is 0 Å². The van der Waals surface area contributed by atoms with Gasteiger partial charge in [0.1, 0.15) is 6.23 Å². The molecule has 2 aliphatic rings. The fourth-order valence-electron chi connectivity index (χ4n) is 3.92. The third-order valence-electron chi connectivity index (χ3n) is 5.84. The van der Waals surface area contributed by atoms with E-state index in [2.05, 4.69) is 32.0 Å². The number of aromatic nitrogens is 1. The van der Waals surface area contributed by atoms with E-state index in [9.17, 15) is 9.90 Å². The quantitative estimate of drug-likeness (QED) is 0.484. The number of likely N-dealkylation sites (tertiary alicyclic amines) is 1. The van der Waals surface area contributed by atoms with Gasteiger partial charge in [0.25, 0.3) is 0 Å². The van der Waals surface area contributed by atoms with Crippen molar-refractivity contribution in [3.63, 3.8) is 0 Å². The summed E-state index contributed by atoms with van der Waals surface area (Å²) in [6.45, 7) is 8.64. The van der Waals surface area contributed by atoms with Crippen LogP contribution in [0.2, 0.25) is 10.0 Å². The van der Waals surface area contributed by atoms with Crippen LogP contribution in [0.3, 0.4) is 0 Å². The summed E-state index contributed by atoms with van der Waals surface area (Å²) >= 11 is 13.9. The summed E-state index contributed by atoms with van der Waals surface area (Å²) in [5.41, 5.74) is 1.49. The van der Waals surface area contributed by atoms with Crippen LogP contribution in [0, 0.1) is 0 Å². The molecule has 4 rings (SSSR count). The van der Waals surface area contributed by atoms with Crippen molar-refractivity contribution in [1.82, 2.24) is 19.7 Å². The molecule has 8 nitrogen and oxygen atoms in total. The summed E-state index contributed by atoms with van der Waals surface area (Å²) in [5, 5.41) is 20.8. The molecule has 1 unspecified atom stereocenters. The molecule has 172 valence electrons. The summed E-state index contributed by atoms with van der Waals surface area (Å²) in [7, 11) is 0. The van der Waals surface area contributed by atoms with Crippen LogP contribution in [-0.4, -0.2) is 88.8 Å². The first-order chi connectivity index (χ1) is 15.4. The van der Waals surface area contributed by atoms with Crippen molar-refractivity contribution >= 4 is 57.0 Å². The lowest BCUT2D eigenvalue weighted by Gasteiger charge is -2.48. The van der Waals surface area contributed by atoms with Gasteiger partial charge in [0.05, 0.1) is 28.0 Å². The number of amides is 1. The number of carbonyl (C=O) groups is 1. The lowest BCUT2D eigenvalue weighted by Crippen LogP contribution is -2.64. The van der Waals surface area contributed by atoms with Crippen LogP contribution >= 0.6 is 34.5 Å². The predicted octanol–water partition coefficient (Wildman–Crippen LogP) is 2.94. The monoisotopic (exact) mass is 496 g/mol. The second kappa shape index (κ2) is 10.4. The number of aliphatic hydroxyl groups excluding tert-OH is 1. The Hall–Kier alpha value is -1.88. The largest absolute Gasteiger partial charge is 0.379 e. The number of nitrogens with zero attached hydrogens (tertiary/aromatic N) is 4. The topological polar surface area (TPSA) is 84.0 Å². The molecule has 3 N–H and O–H groups in total. The molecular formula is C21H26Cl2N6O2S. The normalized spacial score (nSPS) is 18.8. The number of thiazole rings is 1. The molecule has 1 aromatic heterocycles. The molecule has 11 heteroatoms. The van der Waals surface area contributed by atoms with E-state index in [-0.39, 0.29) is 5.91 Å². The standard InChI is InChI=1S/C21H26Cl2N6O2S/c1-2-19(30)29-12-14(13-29)27-4-6-28(7-5-27)20(31)11-25-17-9-15(22)16(23)10-18(17)26-21-24-3-8-32-21/h2-3,8-10,14,20,25,31H,1,4-7,11-13H2,(H,24,26). The summed E-state index contributed by atoms with van der Waals surface area (Å²) in [4.78, 5) is 22.1. The summed E-state index contributed by atoms with van der Waals surface area (Å²) in [6.07, 6.45) is 2.45. The Bertz CT molecular complexity index is 946. The van der Waals surface area contributed by atoms with Gasteiger partial charge < -0.3 is 20.6 Å². The Balaban J connectivity index is 1.28. The van der Waals surface area contributed by atoms with Gasteiger partial charge in [-0.25, -0.2) is 4.98 Å². The van der Waals surface area contributed by atoms with E-state index in [4.69, 9.17) is 23.2 Å². The highest BCUT2D eigenvalue weighted by Crippen LogP contribution is 2.34. The van der Waals surface area contributed by atoms with Gasteiger partial charge >= 0.3 is 0 Å². The number of halogens is 2. The van der Waals surface area contributed by atoms with Crippen molar-refractivity contribution in [2.75, 3.05) is 56.4 Å². The lowest BCUT2D eigenvalue weighted by atomic mass is 10.1. The number of benzene rings is 1. The molecule has 1 amide bonds. The highest BCUT2D eigenvalue weighted by atomic mass is 35.5. The van der Waals surface area contributed by atoms with Gasteiger partial charge in [0.15, 0.2) is 5.13 Å². The van der Waals surface area contributed by atoms with Gasteiger partial charge in [-0.1, -0.05) is 29.8 Å². The number of hydrogen-bond donors (Lipinski definition) is 3. The number of rotatable bonds is 8. The molecule has 0 bridgehead atoms. The molecule has 2 saturated heterocycles. The lowest BCUT2D eigenvalue weighted by molar-refractivity contribution is -0.134. The van der Waals surface area contributed by atoms with E-state index in [1.165, 1.54) is 17.4 Å². The maximum absolute atomic E-state index is 11.6. The van der Waals surface area contributed by atoms with Gasteiger partial charge in [-0.15, -0.1) is 11.3 Å². The average Bonchev–Trinajstić information content (AvgIpc) is 3.27. The van der Waals surface area contributed by atoms with Crippen molar-refractivity contribution in [2.24, 2.45) is 0 Å². The number of anilines is 3. The predicted molar refractivity (Wildman–Crippen MR) is 130 cm³/mol. The van der Waals surface area contributed by atoms with Crippen LogP contribution in [0.4, 0.5) is 16.5 Å². The maximum Gasteiger partial charge on any atom is 0.246 e. The molecule has 0 saturated carbocycles. The van der Waals surface area contributed by atoms with E-state index in [1.807, 2.05) is 5.38 Å². The molecule has 2 aliphatic heterocycles. The molecule has 2 aromatic rings. The van der Waals surface area contributed by atoms with Gasteiger partial charge in [0, 0.05) is 56.9 Å². The highest BCUT2D eigenvalue weighted by Gasteiger charge is 2.35. The second-order valence-electron chi connectivity index (χ2n) is 7.81. The minimum atomic E-state index is -0.639. The third-order valence-corrected chi connectivity index (χ3v) is 7.26. The van der Waals surface area contributed by atoms with E-state index >= 15 is 0 Å². The Labute approximate surface area is 201 Å². The fraction of sp³-hybridized carbons (Fsp3) is 0.429. The van der Waals surface area contributed by atoms with Crippen LogP contribution in [-0.2, 0) is 4.79 Å². The highest BCUT2D eigenvalue weighted by molar-refractivity contribution is 7.13. The van der Waals surface area contributed by atoms with Crippen LogP contribution < -0.4 is 10.6 Å². The van der Waals surface area contributed by atoms with Crippen LogP contribution in [0.1, 0.15) is 0 Å². The summed E-state index contributed by atoms with van der Waals surface area (Å²) < 4.78 is 0. The molecular weight excluding hydrogens is 471 g/mol. The summed E-state index contributed by atoms with van der Waals surface area (Å²) in [6, 6.07) is 3.89. The zero-order valence-electron chi connectivity index (χ0n) is 17.5. The van der Waals surface area contributed by atoms with Gasteiger partial charge in [-0.05, 0) is 18.2 Å². The number of piperazine rings is 1. The Kier molecular flexibility index (Phi) is 7.55.